The highest BCUT2D eigenvalue weighted by atomic mass is 35.5. The maximum absolute atomic E-state index is 12.7. The van der Waals surface area contributed by atoms with Crippen molar-refractivity contribution in [1.82, 2.24) is 5.16 Å². The van der Waals surface area contributed by atoms with E-state index >= 15 is 0 Å². The molecule has 1 aromatic heterocycles. The van der Waals surface area contributed by atoms with E-state index in [1.807, 2.05) is 42.5 Å². The summed E-state index contributed by atoms with van der Waals surface area (Å²) in [4.78, 5) is 24.4. The zero-order valence-electron chi connectivity index (χ0n) is 21.5. The summed E-state index contributed by atoms with van der Waals surface area (Å²) < 4.78 is 22.6. The first-order valence-electron chi connectivity index (χ1n) is 12.8. The second-order valence-corrected chi connectivity index (χ2v) is 10.2. The van der Waals surface area contributed by atoms with Gasteiger partial charge in [0.2, 0.25) is 0 Å². The minimum Gasteiger partial charge on any atom is -0.481 e. The number of nitrogens with one attached hydrogen (secondary N) is 1. The summed E-state index contributed by atoms with van der Waals surface area (Å²) in [5, 5.41) is 16.7. The lowest BCUT2D eigenvalue weighted by Gasteiger charge is -2.23. The third kappa shape index (κ3) is 4.67. The minimum absolute atomic E-state index is 0.0534. The van der Waals surface area contributed by atoms with Gasteiger partial charge in [-0.1, -0.05) is 65.3 Å². The number of halogens is 1. The molecule has 1 atom stereocenters. The average Bonchev–Trinajstić information content (AvgIpc) is 3.66. The summed E-state index contributed by atoms with van der Waals surface area (Å²) in [5.41, 5.74) is 4.20. The molecule has 1 amide bonds. The summed E-state index contributed by atoms with van der Waals surface area (Å²) in [5.74, 6) is 0.0663. The minimum atomic E-state index is -0.789. The Morgan fingerprint density at radius 2 is 1.82 bits per heavy atom. The highest BCUT2D eigenvalue weighted by molar-refractivity contribution is 6.31. The van der Waals surface area contributed by atoms with Crippen LogP contribution >= 0.6 is 11.6 Å². The van der Waals surface area contributed by atoms with Crippen molar-refractivity contribution in [3.8, 4) is 28.2 Å². The van der Waals surface area contributed by atoms with Crippen LogP contribution in [0.3, 0.4) is 0 Å². The van der Waals surface area contributed by atoms with Crippen LogP contribution in [0.1, 0.15) is 42.6 Å². The molecule has 1 aliphatic heterocycles. The molecule has 1 saturated carbocycles. The molecule has 0 saturated heterocycles. The van der Waals surface area contributed by atoms with Crippen LogP contribution in [0.15, 0.2) is 71.4 Å². The first-order valence-corrected chi connectivity index (χ1v) is 13.1. The van der Waals surface area contributed by atoms with E-state index in [-0.39, 0.29) is 6.79 Å². The number of carbonyl (C=O) groups excluding carboxylic acids is 1. The number of ether oxygens (including phenoxy) is 3. The van der Waals surface area contributed by atoms with Crippen LogP contribution in [0.25, 0.3) is 22.5 Å². The van der Waals surface area contributed by atoms with Gasteiger partial charge in [0.1, 0.15) is 17.5 Å². The van der Waals surface area contributed by atoms with Crippen LogP contribution in [0.5, 0.6) is 5.75 Å². The van der Waals surface area contributed by atoms with Gasteiger partial charge in [-0.15, -0.1) is 0 Å². The molecule has 10 heteroatoms. The standard InChI is InChI=1S/C30H25ClN2O7/c1-17(20-4-2-3-5-24(20)31)39-29(36)33-25-14-32-40-27(25)22-11-10-21(23-15-37-16-38-26(22)23)18-6-8-19(9-7-18)30(12-13-30)28(34)35/h2-11,14,17H,12-13,15-16H2,1H3,(H,33,36)(H,34,35). The molecule has 0 bridgehead atoms. The van der Waals surface area contributed by atoms with Gasteiger partial charge in [-0.05, 0) is 48.6 Å². The molecule has 40 heavy (non-hydrogen) atoms. The zero-order valence-corrected chi connectivity index (χ0v) is 22.2. The van der Waals surface area contributed by atoms with Crippen LogP contribution in [0.2, 0.25) is 5.02 Å². The molecular formula is C30H25ClN2O7. The van der Waals surface area contributed by atoms with Gasteiger partial charge in [-0.25, -0.2) is 4.79 Å². The van der Waals surface area contributed by atoms with Gasteiger partial charge >= 0.3 is 12.1 Å². The molecule has 2 N–H and O–H groups in total. The molecule has 2 heterocycles. The predicted octanol–water partition coefficient (Wildman–Crippen LogP) is 6.95. The number of amides is 1. The molecule has 1 fully saturated rings. The predicted molar refractivity (Wildman–Crippen MR) is 146 cm³/mol. The fourth-order valence-corrected chi connectivity index (χ4v) is 5.33. The summed E-state index contributed by atoms with van der Waals surface area (Å²) in [6, 6.07) is 18.5. The number of hydrogen-bond donors (Lipinski definition) is 2. The van der Waals surface area contributed by atoms with E-state index in [0.717, 1.165) is 22.3 Å². The van der Waals surface area contributed by atoms with Crippen LogP contribution in [0, 0.1) is 0 Å². The molecule has 9 nitrogen and oxygen atoms in total. The van der Waals surface area contributed by atoms with Crippen molar-refractivity contribution in [3.05, 3.63) is 88.6 Å². The van der Waals surface area contributed by atoms with E-state index < -0.39 is 23.6 Å². The Kier molecular flexibility index (Phi) is 6.69. The number of benzene rings is 3. The van der Waals surface area contributed by atoms with Crippen LogP contribution in [-0.2, 0) is 26.3 Å². The van der Waals surface area contributed by atoms with Crippen LogP contribution < -0.4 is 10.1 Å². The van der Waals surface area contributed by atoms with E-state index in [2.05, 4.69) is 10.5 Å². The lowest BCUT2D eigenvalue weighted by Crippen LogP contribution is -2.19. The number of hydrogen-bond acceptors (Lipinski definition) is 7. The molecule has 3 aromatic carbocycles. The number of carboxylic acid groups (broad SMARTS) is 1. The molecule has 0 spiro atoms. The van der Waals surface area contributed by atoms with Crippen molar-refractivity contribution in [2.75, 3.05) is 12.1 Å². The van der Waals surface area contributed by atoms with E-state index in [1.54, 1.807) is 25.1 Å². The van der Waals surface area contributed by atoms with E-state index in [4.69, 9.17) is 30.3 Å². The molecular weight excluding hydrogens is 536 g/mol. The molecule has 1 unspecified atom stereocenters. The normalized spacial score (nSPS) is 15.8. The summed E-state index contributed by atoms with van der Waals surface area (Å²) >= 11 is 6.23. The van der Waals surface area contributed by atoms with Crippen molar-refractivity contribution in [2.24, 2.45) is 0 Å². The molecule has 2 aliphatic rings. The van der Waals surface area contributed by atoms with Gasteiger partial charge in [0.05, 0.1) is 23.8 Å². The smallest absolute Gasteiger partial charge is 0.412 e. The van der Waals surface area contributed by atoms with Gasteiger partial charge in [0.25, 0.3) is 0 Å². The monoisotopic (exact) mass is 560 g/mol. The zero-order chi connectivity index (χ0) is 27.9. The van der Waals surface area contributed by atoms with Crippen molar-refractivity contribution in [3.63, 3.8) is 0 Å². The Morgan fingerprint density at radius 1 is 1.07 bits per heavy atom. The van der Waals surface area contributed by atoms with Crippen molar-refractivity contribution in [2.45, 2.75) is 37.9 Å². The number of nitrogens with zero attached hydrogens (tertiary/aromatic N) is 1. The highest BCUT2D eigenvalue weighted by Crippen LogP contribution is 2.49. The van der Waals surface area contributed by atoms with Crippen molar-refractivity contribution < 1.29 is 33.4 Å². The quantitative estimate of drug-likeness (QED) is 0.249. The Labute approximate surface area is 234 Å². The lowest BCUT2D eigenvalue weighted by atomic mass is 9.91. The first-order chi connectivity index (χ1) is 19.4. The maximum atomic E-state index is 12.7. The second kappa shape index (κ2) is 10.3. The fourth-order valence-electron chi connectivity index (χ4n) is 5.04. The Bertz CT molecular complexity index is 1590. The number of anilines is 1. The van der Waals surface area contributed by atoms with Gasteiger partial charge in [-0.3, -0.25) is 10.1 Å². The van der Waals surface area contributed by atoms with Gasteiger partial charge in [-0.2, -0.15) is 0 Å². The van der Waals surface area contributed by atoms with E-state index in [9.17, 15) is 14.7 Å². The third-order valence-electron chi connectivity index (χ3n) is 7.38. The van der Waals surface area contributed by atoms with Crippen LogP contribution in [0.4, 0.5) is 10.5 Å². The number of aliphatic carboxylic acids is 1. The SMILES string of the molecule is CC(OC(=O)Nc1cnoc1-c1ccc(-c2ccc(C3(C(=O)O)CC3)cc2)c2c1OCOC2)c1ccccc1Cl. The number of rotatable bonds is 7. The van der Waals surface area contributed by atoms with E-state index in [1.165, 1.54) is 6.20 Å². The van der Waals surface area contributed by atoms with Crippen molar-refractivity contribution >= 4 is 29.4 Å². The summed E-state index contributed by atoms with van der Waals surface area (Å²) in [7, 11) is 0. The van der Waals surface area contributed by atoms with Crippen molar-refractivity contribution in [1.29, 1.82) is 0 Å². The van der Waals surface area contributed by atoms with E-state index in [0.29, 0.717) is 52.8 Å². The number of carbonyl (C=O) groups is 2. The second-order valence-electron chi connectivity index (χ2n) is 9.81. The van der Waals surface area contributed by atoms with Gasteiger partial charge in [0.15, 0.2) is 12.6 Å². The summed E-state index contributed by atoms with van der Waals surface area (Å²) in [6.45, 7) is 2.09. The number of aromatic nitrogens is 1. The molecule has 0 radical (unpaired) electrons. The lowest BCUT2D eigenvalue weighted by molar-refractivity contribution is -0.140. The molecule has 1 aliphatic carbocycles. The topological polar surface area (TPSA) is 120 Å². The van der Waals surface area contributed by atoms with Gasteiger partial charge in [0, 0.05) is 16.1 Å². The largest absolute Gasteiger partial charge is 0.481 e. The van der Waals surface area contributed by atoms with Crippen LogP contribution in [-0.4, -0.2) is 29.1 Å². The first kappa shape index (κ1) is 25.9. The maximum Gasteiger partial charge on any atom is 0.412 e. The Balaban J connectivity index is 1.26. The highest BCUT2D eigenvalue weighted by Gasteiger charge is 2.51. The Morgan fingerprint density at radius 3 is 2.55 bits per heavy atom. The van der Waals surface area contributed by atoms with Gasteiger partial charge < -0.3 is 23.8 Å². The summed E-state index contributed by atoms with van der Waals surface area (Å²) in [6.07, 6.45) is 1.41. The fraction of sp³-hybridized carbons (Fsp3) is 0.233. The number of carboxylic acids is 1. The average molecular weight is 561 g/mol. The molecule has 204 valence electrons. The Hall–Kier alpha value is -4.34. The molecule has 6 rings (SSSR count). The number of fused-ring (bicyclic) bond motifs is 1. The third-order valence-corrected chi connectivity index (χ3v) is 7.72. The molecule has 4 aromatic rings.